The number of hydrogen-bond donors (Lipinski definition) is 1. The number of para-hydroxylation sites is 1. The summed E-state index contributed by atoms with van der Waals surface area (Å²) in [6.45, 7) is -2.96. The average Bonchev–Trinajstić information content (AvgIpc) is 1.98. The van der Waals surface area contributed by atoms with Crippen LogP contribution in [0.5, 0.6) is 11.5 Å². The van der Waals surface area contributed by atoms with Crippen LogP contribution in [-0.2, 0) is 0 Å². The molecule has 5 heteroatoms. The minimum atomic E-state index is -2.96. The first kappa shape index (κ1) is 9.06. The first-order valence-corrected chi connectivity index (χ1v) is 3.41. The molecule has 1 aromatic carbocycles. The Hall–Kier alpha value is -1.03. The quantitative estimate of drug-likeness (QED) is 0.784. The summed E-state index contributed by atoms with van der Waals surface area (Å²) >= 11 is 5.42. The molecule has 0 aromatic heterocycles. The van der Waals surface area contributed by atoms with Crippen LogP contribution < -0.4 is 4.74 Å². The highest BCUT2D eigenvalue weighted by Gasteiger charge is 2.10. The third-order valence-electron chi connectivity index (χ3n) is 1.17. The van der Waals surface area contributed by atoms with E-state index in [-0.39, 0.29) is 10.8 Å². The van der Waals surface area contributed by atoms with Crippen LogP contribution in [-0.4, -0.2) is 11.7 Å². The molecule has 0 saturated carbocycles. The Morgan fingerprint density at radius 2 is 2.08 bits per heavy atom. The molecule has 12 heavy (non-hydrogen) atoms. The van der Waals surface area contributed by atoms with Crippen LogP contribution in [0, 0.1) is 0 Å². The van der Waals surface area contributed by atoms with Gasteiger partial charge in [-0.05, 0) is 12.1 Å². The Morgan fingerprint density at radius 1 is 1.42 bits per heavy atom. The standard InChI is InChI=1S/C7H5ClF2O2/c8-4-2-1-3-5(6(4)11)12-7(9)10/h1-3,7,11H. The number of phenols is 1. The van der Waals surface area contributed by atoms with E-state index in [0.717, 1.165) is 0 Å². The van der Waals surface area contributed by atoms with Crippen molar-refractivity contribution in [3.05, 3.63) is 23.2 Å². The Balaban J connectivity index is 2.92. The number of alkyl halides is 2. The van der Waals surface area contributed by atoms with Gasteiger partial charge in [0.15, 0.2) is 11.5 Å². The van der Waals surface area contributed by atoms with Gasteiger partial charge in [0.25, 0.3) is 0 Å². The first-order chi connectivity index (χ1) is 5.61. The Kier molecular flexibility index (Phi) is 2.70. The maximum absolute atomic E-state index is 11.7. The molecule has 1 rings (SSSR count). The van der Waals surface area contributed by atoms with Crippen molar-refractivity contribution in [2.75, 3.05) is 0 Å². The van der Waals surface area contributed by atoms with E-state index < -0.39 is 12.4 Å². The van der Waals surface area contributed by atoms with Gasteiger partial charge in [-0.2, -0.15) is 8.78 Å². The molecule has 0 aliphatic carbocycles. The number of halogens is 3. The van der Waals surface area contributed by atoms with Crippen molar-refractivity contribution < 1.29 is 18.6 Å². The zero-order chi connectivity index (χ0) is 9.14. The Morgan fingerprint density at radius 3 is 2.67 bits per heavy atom. The molecule has 1 N–H and O–H groups in total. The van der Waals surface area contributed by atoms with Crippen LogP contribution in [0.25, 0.3) is 0 Å². The summed E-state index contributed by atoms with van der Waals surface area (Å²) in [4.78, 5) is 0. The van der Waals surface area contributed by atoms with Gasteiger partial charge in [0, 0.05) is 0 Å². The number of aromatic hydroxyl groups is 1. The van der Waals surface area contributed by atoms with Gasteiger partial charge in [0.2, 0.25) is 0 Å². The molecule has 0 radical (unpaired) electrons. The number of hydrogen-bond acceptors (Lipinski definition) is 2. The molecule has 1 aromatic rings. The van der Waals surface area contributed by atoms with Crippen LogP contribution in [0.4, 0.5) is 8.78 Å². The molecule has 0 unspecified atom stereocenters. The van der Waals surface area contributed by atoms with E-state index in [1.165, 1.54) is 18.2 Å². The molecule has 0 aliphatic rings. The largest absolute Gasteiger partial charge is 0.503 e. The second kappa shape index (κ2) is 3.58. The number of rotatable bonds is 2. The number of phenolic OH excluding ortho intramolecular Hbond substituents is 1. The zero-order valence-electron chi connectivity index (χ0n) is 5.80. The lowest BCUT2D eigenvalue weighted by Gasteiger charge is -2.06. The van der Waals surface area contributed by atoms with E-state index in [1.54, 1.807) is 0 Å². The fourth-order valence-electron chi connectivity index (χ4n) is 0.687. The first-order valence-electron chi connectivity index (χ1n) is 3.03. The van der Waals surface area contributed by atoms with E-state index in [0.29, 0.717) is 0 Å². The highest BCUT2D eigenvalue weighted by Crippen LogP contribution is 2.33. The van der Waals surface area contributed by atoms with Crippen LogP contribution in [0.1, 0.15) is 0 Å². The number of benzene rings is 1. The van der Waals surface area contributed by atoms with E-state index in [4.69, 9.17) is 16.7 Å². The van der Waals surface area contributed by atoms with Gasteiger partial charge in [-0.15, -0.1) is 0 Å². The lowest BCUT2D eigenvalue weighted by atomic mass is 10.3. The van der Waals surface area contributed by atoms with Gasteiger partial charge in [-0.25, -0.2) is 0 Å². The molecular formula is C7H5ClF2O2. The van der Waals surface area contributed by atoms with Crippen molar-refractivity contribution >= 4 is 11.6 Å². The minimum absolute atomic E-state index is 0.0202. The predicted octanol–water partition coefficient (Wildman–Crippen LogP) is 2.65. The van der Waals surface area contributed by atoms with E-state index in [2.05, 4.69) is 4.74 Å². The summed E-state index contributed by atoms with van der Waals surface area (Å²) in [5, 5.41) is 9.04. The molecule has 0 heterocycles. The summed E-state index contributed by atoms with van der Waals surface area (Å²) in [7, 11) is 0. The van der Waals surface area contributed by atoms with Gasteiger partial charge in [-0.1, -0.05) is 17.7 Å². The van der Waals surface area contributed by atoms with Crippen molar-refractivity contribution in [1.82, 2.24) is 0 Å². The third kappa shape index (κ3) is 1.98. The molecule has 0 amide bonds. The van der Waals surface area contributed by atoms with Gasteiger partial charge in [-0.3, -0.25) is 0 Å². The molecule has 0 atom stereocenters. The normalized spacial score (nSPS) is 10.3. The zero-order valence-corrected chi connectivity index (χ0v) is 6.55. The summed E-state index contributed by atoms with van der Waals surface area (Å²) in [6, 6.07) is 3.97. The van der Waals surface area contributed by atoms with Gasteiger partial charge >= 0.3 is 6.61 Å². The van der Waals surface area contributed by atoms with Gasteiger partial charge in [0.1, 0.15) is 0 Å². The lowest BCUT2D eigenvalue weighted by molar-refractivity contribution is -0.0512. The molecule has 0 spiro atoms. The monoisotopic (exact) mass is 194 g/mol. The lowest BCUT2D eigenvalue weighted by Crippen LogP contribution is -2.01. The van der Waals surface area contributed by atoms with Crippen LogP contribution in [0.15, 0.2) is 18.2 Å². The smallest absolute Gasteiger partial charge is 0.387 e. The molecule has 66 valence electrons. The van der Waals surface area contributed by atoms with Gasteiger partial charge < -0.3 is 9.84 Å². The second-order valence-electron chi connectivity index (χ2n) is 1.97. The van der Waals surface area contributed by atoms with Crippen molar-refractivity contribution in [2.24, 2.45) is 0 Å². The second-order valence-corrected chi connectivity index (χ2v) is 2.37. The summed E-state index contributed by atoms with van der Waals surface area (Å²) in [5.74, 6) is -0.794. The number of ether oxygens (including phenoxy) is 1. The van der Waals surface area contributed by atoms with Crippen molar-refractivity contribution in [1.29, 1.82) is 0 Å². The Bertz CT molecular complexity index is 278. The molecule has 0 saturated heterocycles. The van der Waals surface area contributed by atoms with E-state index in [1.807, 2.05) is 0 Å². The molecule has 0 bridgehead atoms. The average molecular weight is 195 g/mol. The van der Waals surface area contributed by atoms with Crippen molar-refractivity contribution in [2.45, 2.75) is 6.61 Å². The maximum Gasteiger partial charge on any atom is 0.387 e. The van der Waals surface area contributed by atoms with Crippen molar-refractivity contribution in [3.63, 3.8) is 0 Å². The fraction of sp³-hybridized carbons (Fsp3) is 0.143. The Labute approximate surface area is 72.3 Å². The maximum atomic E-state index is 11.7. The van der Waals surface area contributed by atoms with E-state index >= 15 is 0 Å². The van der Waals surface area contributed by atoms with Crippen LogP contribution in [0.3, 0.4) is 0 Å². The highest BCUT2D eigenvalue weighted by atomic mass is 35.5. The molecular weight excluding hydrogens is 190 g/mol. The third-order valence-corrected chi connectivity index (χ3v) is 1.47. The summed E-state index contributed by atoms with van der Waals surface area (Å²) in [5.41, 5.74) is 0. The topological polar surface area (TPSA) is 29.5 Å². The minimum Gasteiger partial charge on any atom is -0.503 e. The fourth-order valence-corrected chi connectivity index (χ4v) is 0.853. The summed E-state index contributed by atoms with van der Waals surface area (Å²) < 4.78 is 27.3. The SMILES string of the molecule is Oc1c(Cl)cccc1OC(F)F. The molecule has 2 nitrogen and oxygen atoms in total. The molecule has 0 aliphatic heterocycles. The molecule has 0 fully saturated rings. The van der Waals surface area contributed by atoms with E-state index in [9.17, 15) is 8.78 Å². The van der Waals surface area contributed by atoms with Gasteiger partial charge in [0.05, 0.1) is 5.02 Å². The summed E-state index contributed by atoms with van der Waals surface area (Å²) in [6.07, 6.45) is 0. The predicted molar refractivity (Wildman–Crippen MR) is 39.7 cm³/mol. The van der Waals surface area contributed by atoms with Crippen LogP contribution in [0.2, 0.25) is 5.02 Å². The van der Waals surface area contributed by atoms with Crippen molar-refractivity contribution in [3.8, 4) is 11.5 Å². The highest BCUT2D eigenvalue weighted by molar-refractivity contribution is 6.32. The van der Waals surface area contributed by atoms with Crippen LogP contribution >= 0.6 is 11.6 Å².